The molecule has 0 radical (unpaired) electrons. The van der Waals surface area contributed by atoms with Crippen LogP contribution >= 0.6 is 23.4 Å². The Morgan fingerprint density at radius 1 is 1.19 bits per heavy atom. The van der Waals surface area contributed by atoms with Gasteiger partial charge in [-0.25, -0.2) is 4.98 Å². The van der Waals surface area contributed by atoms with Crippen molar-refractivity contribution in [3.8, 4) is 5.69 Å². The molecule has 0 aliphatic heterocycles. The van der Waals surface area contributed by atoms with Crippen molar-refractivity contribution >= 4 is 46.1 Å². The number of aromatic nitrogens is 3. The lowest BCUT2D eigenvalue weighted by Crippen LogP contribution is -2.23. The van der Waals surface area contributed by atoms with Gasteiger partial charge >= 0.3 is 0 Å². The van der Waals surface area contributed by atoms with E-state index in [-0.39, 0.29) is 29.0 Å². The van der Waals surface area contributed by atoms with E-state index in [2.05, 4.69) is 15.5 Å². The van der Waals surface area contributed by atoms with Crippen molar-refractivity contribution in [2.75, 3.05) is 11.1 Å². The van der Waals surface area contributed by atoms with Gasteiger partial charge in [0.25, 0.3) is 5.56 Å². The Bertz CT molecular complexity index is 1320. The molecular formula is C22H19ClN4O3S. The second-order valence-corrected chi connectivity index (χ2v) is 8.52. The molecule has 2 heterocycles. The fraction of sp³-hybridized carbons (Fsp3) is 0.182. The fourth-order valence-electron chi connectivity index (χ4n) is 2.98. The molecule has 0 fully saturated rings. The monoisotopic (exact) mass is 454 g/mol. The second kappa shape index (κ2) is 8.95. The number of nitrogens with zero attached hydrogens (tertiary/aromatic N) is 3. The van der Waals surface area contributed by atoms with E-state index in [0.717, 1.165) is 17.5 Å². The molecule has 0 spiro atoms. The zero-order valence-electron chi connectivity index (χ0n) is 16.8. The number of amides is 1. The molecule has 31 heavy (non-hydrogen) atoms. The Morgan fingerprint density at radius 3 is 2.74 bits per heavy atom. The second-order valence-electron chi connectivity index (χ2n) is 7.14. The number of fused-ring (bicyclic) bond motifs is 1. The lowest BCUT2D eigenvalue weighted by Gasteiger charge is -2.13. The fourth-order valence-corrected chi connectivity index (χ4v) is 3.97. The van der Waals surface area contributed by atoms with Crippen molar-refractivity contribution in [3.63, 3.8) is 0 Å². The highest BCUT2D eigenvalue weighted by Gasteiger charge is 2.16. The van der Waals surface area contributed by atoms with Gasteiger partial charge in [-0.15, -0.1) is 0 Å². The first-order valence-corrected chi connectivity index (χ1v) is 11.0. The number of para-hydroxylation sites is 1. The smallest absolute Gasteiger partial charge is 0.266 e. The van der Waals surface area contributed by atoms with E-state index in [1.807, 2.05) is 19.9 Å². The molecule has 4 rings (SSSR count). The number of anilines is 1. The van der Waals surface area contributed by atoms with Crippen molar-refractivity contribution < 1.29 is 9.32 Å². The summed E-state index contributed by atoms with van der Waals surface area (Å²) in [5.41, 5.74) is 1.67. The van der Waals surface area contributed by atoms with Gasteiger partial charge in [0.05, 0.1) is 28.0 Å². The molecule has 2 aromatic heterocycles. The number of carbonyl (C=O) groups excluding carboxylic acids is 1. The number of rotatable bonds is 6. The third-order valence-corrected chi connectivity index (χ3v) is 5.70. The van der Waals surface area contributed by atoms with Crippen molar-refractivity contribution in [2.24, 2.45) is 0 Å². The van der Waals surface area contributed by atoms with E-state index in [4.69, 9.17) is 16.1 Å². The number of nitrogens with one attached hydrogen (secondary N) is 1. The zero-order chi connectivity index (χ0) is 22.0. The molecule has 0 saturated heterocycles. The Kier molecular flexibility index (Phi) is 6.11. The number of hydrogen-bond acceptors (Lipinski definition) is 6. The van der Waals surface area contributed by atoms with Crippen molar-refractivity contribution in [1.29, 1.82) is 0 Å². The number of hydrogen-bond donors (Lipinski definition) is 1. The van der Waals surface area contributed by atoms with Crippen LogP contribution in [0.3, 0.4) is 0 Å². The average Bonchev–Trinajstić information content (AvgIpc) is 3.21. The molecule has 9 heteroatoms. The maximum atomic E-state index is 13.2. The average molecular weight is 455 g/mol. The summed E-state index contributed by atoms with van der Waals surface area (Å²) in [6.45, 7) is 3.97. The summed E-state index contributed by atoms with van der Waals surface area (Å²) in [6, 6.07) is 15.7. The number of carbonyl (C=O) groups is 1. The molecule has 0 saturated carbocycles. The molecule has 7 nitrogen and oxygen atoms in total. The predicted molar refractivity (Wildman–Crippen MR) is 122 cm³/mol. The lowest BCUT2D eigenvalue weighted by atomic mass is 10.1. The minimum absolute atomic E-state index is 0.0308. The molecule has 2 aromatic carbocycles. The van der Waals surface area contributed by atoms with Gasteiger partial charge in [-0.1, -0.05) is 60.6 Å². The minimum atomic E-state index is -0.295. The van der Waals surface area contributed by atoms with Crippen molar-refractivity contribution in [1.82, 2.24) is 14.7 Å². The zero-order valence-corrected chi connectivity index (χ0v) is 18.4. The molecule has 1 amide bonds. The van der Waals surface area contributed by atoms with E-state index in [9.17, 15) is 9.59 Å². The van der Waals surface area contributed by atoms with Crippen LogP contribution in [0.2, 0.25) is 5.02 Å². The summed E-state index contributed by atoms with van der Waals surface area (Å²) in [7, 11) is 0. The molecule has 0 bridgehead atoms. The van der Waals surface area contributed by atoms with Crippen molar-refractivity contribution in [3.05, 3.63) is 75.7 Å². The highest BCUT2D eigenvalue weighted by Crippen LogP contribution is 2.24. The van der Waals surface area contributed by atoms with Crippen LogP contribution in [0.1, 0.15) is 25.5 Å². The molecule has 0 atom stereocenters. The predicted octanol–water partition coefficient (Wildman–Crippen LogP) is 4.88. The van der Waals surface area contributed by atoms with Gasteiger partial charge in [0.2, 0.25) is 11.8 Å². The number of benzene rings is 2. The summed E-state index contributed by atoms with van der Waals surface area (Å²) in [4.78, 5) is 30.3. The van der Waals surface area contributed by atoms with Gasteiger partial charge in [0, 0.05) is 11.1 Å². The van der Waals surface area contributed by atoms with E-state index in [1.54, 1.807) is 48.5 Å². The number of halogens is 1. The van der Waals surface area contributed by atoms with Gasteiger partial charge < -0.3 is 4.52 Å². The van der Waals surface area contributed by atoms with E-state index in [1.165, 1.54) is 4.57 Å². The highest BCUT2D eigenvalue weighted by atomic mass is 35.5. The summed E-state index contributed by atoms with van der Waals surface area (Å²) in [6.07, 6.45) is 0. The lowest BCUT2D eigenvalue weighted by molar-refractivity contribution is -0.113. The summed E-state index contributed by atoms with van der Waals surface area (Å²) in [5.74, 6) is 0.213. The summed E-state index contributed by atoms with van der Waals surface area (Å²) < 4.78 is 6.62. The van der Waals surface area contributed by atoms with Crippen LogP contribution in [-0.2, 0) is 4.79 Å². The first-order valence-electron chi connectivity index (χ1n) is 9.59. The Labute approximate surface area is 187 Å². The summed E-state index contributed by atoms with van der Waals surface area (Å²) in [5, 5.41) is 7.98. The molecular weight excluding hydrogens is 436 g/mol. The Balaban J connectivity index is 1.63. The molecule has 0 aliphatic carbocycles. The molecule has 1 N–H and O–H groups in total. The largest absolute Gasteiger partial charge is 0.338 e. The first kappa shape index (κ1) is 21.1. The molecule has 4 aromatic rings. The van der Waals surface area contributed by atoms with Crippen LogP contribution in [0, 0.1) is 0 Å². The summed E-state index contributed by atoms with van der Waals surface area (Å²) >= 11 is 7.29. The van der Waals surface area contributed by atoms with Gasteiger partial charge in [-0.2, -0.15) is 0 Å². The van der Waals surface area contributed by atoms with E-state index in [0.29, 0.717) is 26.8 Å². The normalized spacial score (nSPS) is 11.2. The van der Waals surface area contributed by atoms with Crippen LogP contribution < -0.4 is 10.9 Å². The van der Waals surface area contributed by atoms with E-state index < -0.39 is 0 Å². The third-order valence-electron chi connectivity index (χ3n) is 4.53. The van der Waals surface area contributed by atoms with Gasteiger partial charge in [0.1, 0.15) is 0 Å². The Morgan fingerprint density at radius 2 is 2.00 bits per heavy atom. The van der Waals surface area contributed by atoms with E-state index >= 15 is 0 Å². The van der Waals surface area contributed by atoms with Gasteiger partial charge in [-0.3, -0.25) is 19.5 Å². The highest BCUT2D eigenvalue weighted by molar-refractivity contribution is 7.99. The standard InChI is InChI=1S/C22H19ClN4O3S/c1-13(2)18-11-20(30-26-18)25-19(28)12-31-22-24-17-9-4-3-8-16(17)21(29)27(22)15-7-5-6-14(23)10-15/h3-11,13H,12H2,1-2H3,(H,25,28). The maximum Gasteiger partial charge on any atom is 0.266 e. The van der Waals surface area contributed by atoms with Gasteiger partial charge in [0.15, 0.2) is 5.16 Å². The van der Waals surface area contributed by atoms with Crippen LogP contribution in [0.15, 0.2) is 69.1 Å². The molecule has 158 valence electrons. The first-order chi connectivity index (χ1) is 14.9. The molecule has 0 aliphatic rings. The van der Waals surface area contributed by atoms with Crippen LogP contribution in [0.4, 0.5) is 5.88 Å². The minimum Gasteiger partial charge on any atom is -0.338 e. The molecule has 0 unspecified atom stereocenters. The Hall–Kier alpha value is -3.10. The third kappa shape index (κ3) is 4.65. The number of thioether (sulfide) groups is 1. The maximum absolute atomic E-state index is 13.2. The van der Waals surface area contributed by atoms with Crippen LogP contribution in [-0.4, -0.2) is 26.4 Å². The topological polar surface area (TPSA) is 90.0 Å². The van der Waals surface area contributed by atoms with Crippen molar-refractivity contribution in [2.45, 2.75) is 24.9 Å². The van der Waals surface area contributed by atoms with Gasteiger partial charge in [-0.05, 0) is 36.2 Å². The quantitative estimate of drug-likeness (QED) is 0.330. The van der Waals surface area contributed by atoms with Crippen LogP contribution in [0.25, 0.3) is 16.6 Å². The SMILES string of the molecule is CC(C)c1cc(NC(=O)CSc2nc3ccccc3c(=O)n2-c2cccc(Cl)c2)on1. The van der Waals surface area contributed by atoms with Crippen LogP contribution in [0.5, 0.6) is 0 Å².